The first kappa shape index (κ1) is 20.9. The van der Waals surface area contributed by atoms with E-state index >= 15 is 0 Å². The number of carbonyl (C=O) groups is 1. The van der Waals surface area contributed by atoms with Crippen LogP contribution in [-0.2, 0) is 6.54 Å². The number of methoxy groups -OCH3 is 1. The Kier molecular flexibility index (Phi) is 6.84. The van der Waals surface area contributed by atoms with Crippen LogP contribution in [0.15, 0.2) is 65.3 Å². The zero-order valence-corrected chi connectivity index (χ0v) is 17.7. The number of para-hydroxylation sites is 1. The standard InChI is InChI=1S/C24H28N4O3/c1-30-22-12-10-18(11-13-22)23-26-20(17-31-23)16-28-14-6-5-9-21(28)15-25-24(29)27-19-7-3-2-4-8-19/h2-4,7-8,10-13,17,21H,5-6,9,14-16H2,1H3,(H2,25,27,29). The monoisotopic (exact) mass is 420 g/mol. The molecule has 162 valence electrons. The van der Waals surface area contributed by atoms with E-state index in [4.69, 9.17) is 9.15 Å². The smallest absolute Gasteiger partial charge is 0.319 e. The van der Waals surface area contributed by atoms with Crippen LogP contribution >= 0.6 is 0 Å². The number of rotatable bonds is 7. The summed E-state index contributed by atoms with van der Waals surface area (Å²) in [5.41, 5.74) is 2.60. The van der Waals surface area contributed by atoms with E-state index in [1.165, 1.54) is 6.42 Å². The molecule has 0 spiro atoms. The second kappa shape index (κ2) is 10.1. The summed E-state index contributed by atoms with van der Waals surface area (Å²) in [7, 11) is 1.65. The van der Waals surface area contributed by atoms with Gasteiger partial charge in [-0.1, -0.05) is 24.6 Å². The van der Waals surface area contributed by atoms with Crippen molar-refractivity contribution in [1.29, 1.82) is 0 Å². The first-order valence-electron chi connectivity index (χ1n) is 10.6. The van der Waals surface area contributed by atoms with Crippen molar-refractivity contribution < 1.29 is 13.9 Å². The van der Waals surface area contributed by atoms with E-state index < -0.39 is 0 Å². The molecule has 0 saturated carbocycles. The number of ether oxygens (including phenoxy) is 1. The van der Waals surface area contributed by atoms with Crippen molar-refractivity contribution in [2.75, 3.05) is 25.5 Å². The molecule has 2 N–H and O–H groups in total. The summed E-state index contributed by atoms with van der Waals surface area (Å²) in [5, 5.41) is 5.88. The number of nitrogens with one attached hydrogen (secondary N) is 2. The summed E-state index contributed by atoms with van der Waals surface area (Å²) in [6.45, 7) is 2.28. The molecule has 0 bridgehead atoms. The molecule has 1 unspecified atom stereocenters. The lowest BCUT2D eigenvalue weighted by Crippen LogP contribution is -2.47. The minimum atomic E-state index is -0.181. The number of hydrogen-bond acceptors (Lipinski definition) is 5. The van der Waals surface area contributed by atoms with Gasteiger partial charge in [0.05, 0.1) is 12.8 Å². The molecule has 2 amide bonds. The Bertz CT molecular complexity index is 972. The fourth-order valence-corrected chi connectivity index (χ4v) is 3.86. The van der Waals surface area contributed by atoms with Gasteiger partial charge in [0, 0.05) is 30.4 Å². The lowest BCUT2D eigenvalue weighted by Gasteiger charge is -2.35. The molecule has 4 rings (SSSR count). The summed E-state index contributed by atoms with van der Waals surface area (Å²) >= 11 is 0. The van der Waals surface area contributed by atoms with E-state index in [0.717, 1.165) is 42.1 Å². The van der Waals surface area contributed by atoms with Gasteiger partial charge < -0.3 is 19.8 Å². The van der Waals surface area contributed by atoms with Crippen molar-refractivity contribution in [2.24, 2.45) is 0 Å². The average molecular weight is 421 g/mol. The van der Waals surface area contributed by atoms with Gasteiger partial charge in [0.15, 0.2) is 0 Å². The molecule has 1 aliphatic heterocycles. The highest BCUT2D eigenvalue weighted by molar-refractivity contribution is 5.89. The van der Waals surface area contributed by atoms with Gasteiger partial charge in [-0.25, -0.2) is 9.78 Å². The zero-order chi connectivity index (χ0) is 21.5. The highest BCUT2D eigenvalue weighted by atomic mass is 16.5. The molecule has 7 nitrogen and oxygen atoms in total. The fraction of sp³-hybridized carbons (Fsp3) is 0.333. The van der Waals surface area contributed by atoms with E-state index in [1.54, 1.807) is 13.4 Å². The molecule has 1 fully saturated rings. The molecule has 2 aromatic carbocycles. The summed E-state index contributed by atoms with van der Waals surface area (Å²) in [5.74, 6) is 1.40. The number of hydrogen-bond donors (Lipinski definition) is 2. The lowest BCUT2D eigenvalue weighted by atomic mass is 10.0. The van der Waals surface area contributed by atoms with Gasteiger partial charge in [-0.15, -0.1) is 0 Å². The molecule has 7 heteroatoms. The van der Waals surface area contributed by atoms with Gasteiger partial charge in [-0.3, -0.25) is 4.90 Å². The Morgan fingerprint density at radius 3 is 2.74 bits per heavy atom. The number of aromatic nitrogens is 1. The van der Waals surface area contributed by atoms with Crippen LogP contribution in [0.2, 0.25) is 0 Å². The van der Waals surface area contributed by atoms with Gasteiger partial charge in [-0.05, 0) is 55.8 Å². The van der Waals surface area contributed by atoms with E-state index in [-0.39, 0.29) is 12.1 Å². The minimum absolute atomic E-state index is 0.181. The summed E-state index contributed by atoms with van der Waals surface area (Å²) in [4.78, 5) is 19.3. The van der Waals surface area contributed by atoms with Crippen LogP contribution in [0.3, 0.4) is 0 Å². The van der Waals surface area contributed by atoms with Gasteiger partial charge >= 0.3 is 6.03 Å². The predicted octanol–water partition coefficient (Wildman–Crippen LogP) is 4.53. The third kappa shape index (κ3) is 5.64. The number of anilines is 1. The Labute approximate surface area is 182 Å². The maximum Gasteiger partial charge on any atom is 0.319 e. The predicted molar refractivity (Wildman–Crippen MR) is 120 cm³/mol. The lowest BCUT2D eigenvalue weighted by molar-refractivity contribution is 0.137. The summed E-state index contributed by atoms with van der Waals surface area (Å²) in [6.07, 6.45) is 5.09. The second-order valence-electron chi connectivity index (χ2n) is 7.69. The molecule has 3 aromatic rings. The molecule has 1 aliphatic rings. The van der Waals surface area contributed by atoms with Crippen LogP contribution in [0.5, 0.6) is 5.75 Å². The SMILES string of the molecule is COc1ccc(-c2nc(CN3CCCCC3CNC(=O)Nc3ccccc3)co2)cc1. The molecular formula is C24H28N4O3. The fourth-order valence-electron chi connectivity index (χ4n) is 3.86. The largest absolute Gasteiger partial charge is 0.497 e. The second-order valence-corrected chi connectivity index (χ2v) is 7.69. The number of amides is 2. The van der Waals surface area contributed by atoms with Crippen molar-refractivity contribution in [3.05, 3.63) is 66.6 Å². The van der Waals surface area contributed by atoms with Crippen LogP contribution in [0.25, 0.3) is 11.5 Å². The van der Waals surface area contributed by atoms with Crippen LogP contribution in [0, 0.1) is 0 Å². The highest BCUT2D eigenvalue weighted by Crippen LogP contribution is 2.24. The minimum Gasteiger partial charge on any atom is -0.497 e. The molecule has 0 aliphatic carbocycles. The first-order chi connectivity index (χ1) is 15.2. The number of piperidine rings is 1. The molecular weight excluding hydrogens is 392 g/mol. The van der Waals surface area contributed by atoms with Crippen LogP contribution < -0.4 is 15.4 Å². The molecule has 1 saturated heterocycles. The number of carbonyl (C=O) groups excluding carboxylic acids is 1. The average Bonchev–Trinajstić information content (AvgIpc) is 3.28. The van der Waals surface area contributed by atoms with Crippen LogP contribution in [-0.4, -0.2) is 42.2 Å². The maximum atomic E-state index is 12.2. The van der Waals surface area contributed by atoms with E-state index in [9.17, 15) is 4.79 Å². The Morgan fingerprint density at radius 1 is 1.16 bits per heavy atom. The van der Waals surface area contributed by atoms with Crippen molar-refractivity contribution >= 4 is 11.7 Å². The third-order valence-electron chi connectivity index (χ3n) is 5.53. The zero-order valence-electron chi connectivity index (χ0n) is 17.7. The van der Waals surface area contributed by atoms with Crippen molar-refractivity contribution in [3.63, 3.8) is 0 Å². The van der Waals surface area contributed by atoms with E-state index in [1.807, 2.05) is 54.6 Å². The van der Waals surface area contributed by atoms with Crippen molar-refractivity contribution in [2.45, 2.75) is 31.8 Å². The first-order valence-corrected chi connectivity index (χ1v) is 10.6. The van der Waals surface area contributed by atoms with E-state index in [0.29, 0.717) is 19.0 Å². The third-order valence-corrected chi connectivity index (χ3v) is 5.53. The van der Waals surface area contributed by atoms with Gasteiger partial charge in [0.1, 0.15) is 12.0 Å². The molecule has 0 radical (unpaired) electrons. The number of urea groups is 1. The Balaban J connectivity index is 1.33. The van der Waals surface area contributed by atoms with Crippen molar-refractivity contribution in [3.8, 4) is 17.2 Å². The van der Waals surface area contributed by atoms with E-state index in [2.05, 4.69) is 20.5 Å². The Morgan fingerprint density at radius 2 is 1.97 bits per heavy atom. The maximum absolute atomic E-state index is 12.2. The summed E-state index contributed by atoms with van der Waals surface area (Å²) < 4.78 is 10.9. The number of nitrogens with zero attached hydrogens (tertiary/aromatic N) is 2. The van der Waals surface area contributed by atoms with Crippen molar-refractivity contribution in [1.82, 2.24) is 15.2 Å². The van der Waals surface area contributed by atoms with Gasteiger partial charge in [0.25, 0.3) is 0 Å². The van der Waals surface area contributed by atoms with Gasteiger partial charge in [0.2, 0.25) is 5.89 Å². The number of benzene rings is 2. The topological polar surface area (TPSA) is 79.6 Å². The number of oxazole rings is 1. The summed E-state index contributed by atoms with van der Waals surface area (Å²) in [6, 6.07) is 17.2. The molecule has 1 atom stereocenters. The highest BCUT2D eigenvalue weighted by Gasteiger charge is 2.24. The quantitative estimate of drug-likeness (QED) is 0.587. The van der Waals surface area contributed by atoms with Crippen LogP contribution in [0.4, 0.5) is 10.5 Å². The van der Waals surface area contributed by atoms with Gasteiger partial charge in [-0.2, -0.15) is 0 Å². The normalized spacial score (nSPS) is 16.6. The Hall–Kier alpha value is -3.32. The number of likely N-dealkylation sites (tertiary alicyclic amines) is 1. The molecule has 1 aromatic heterocycles. The molecule has 2 heterocycles. The molecule has 31 heavy (non-hydrogen) atoms. The van der Waals surface area contributed by atoms with Crippen LogP contribution in [0.1, 0.15) is 25.0 Å².